The lowest BCUT2D eigenvalue weighted by Crippen LogP contribution is -2.32. The Hall–Kier alpha value is -1.62. The number of hydrogen-bond donors (Lipinski definition) is 2. The van der Waals surface area contributed by atoms with Gasteiger partial charge in [0, 0.05) is 24.7 Å². The van der Waals surface area contributed by atoms with Crippen LogP contribution in [0.1, 0.15) is 24.8 Å². The highest BCUT2D eigenvalue weighted by atomic mass is 19.1. The van der Waals surface area contributed by atoms with Gasteiger partial charge >= 0.3 is 5.97 Å². The minimum atomic E-state index is -0.737. The Morgan fingerprint density at radius 2 is 2.16 bits per heavy atom. The number of benzene rings is 1. The second-order valence-corrected chi connectivity index (χ2v) is 5.47. The molecule has 3 unspecified atom stereocenters. The van der Waals surface area contributed by atoms with Crippen LogP contribution < -0.4 is 0 Å². The lowest BCUT2D eigenvalue weighted by atomic mass is 9.89. The summed E-state index contributed by atoms with van der Waals surface area (Å²) in [4.78, 5) is 13.3. The summed E-state index contributed by atoms with van der Waals surface area (Å²) in [5.41, 5.74) is 0.695. The van der Waals surface area contributed by atoms with E-state index in [4.69, 9.17) is 0 Å². The number of phenolic OH excluding ortho intramolecular Hbond substituents is 1. The van der Waals surface area contributed by atoms with Gasteiger partial charge in [-0.15, -0.1) is 0 Å². The van der Waals surface area contributed by atoms with Gasteiger partial charge in [0.1, 0.15) is 11.6 Å². The summed E-state index contributed by atoms with van der Waals surface area (Å²) >= 11 is 0. The Morgan fingerprint density at radius 3 is 2.79 bits per heavy atom. The fourth-order valence-electron chi connectivity index (χ4n) is 3.55. The highest BCUT2D eigenvalue weighted by molar-refractivity contribution is 5.71. The van der Waals surface area contributed by atoms with Gasteiger partial charge in [0.25, 0.3) is 0 Å². The number of aliphatic carboxylic acids is 1. The van der Waals surface area contributed by atoms with E-state index in [1.807, 2.05) is 0 Å². The van der Waals surface area contributed by atoms with Gasteiger partial charge in [-0.1, -0.05) is 0 Å². The van der Waals surface area contributed by atoms with Crippen LogP contribution in [0.4, 0.5) is 4.39 Å². The number of halogens is 1. The molecule has 5 heteroatoms. The van der Waals surface area contributed by atoms with Crippen molar-refractivity contribution in [2.45, 2.75) is 37.9 Å². The predicted octanol–water partition coefficient (Wildman–Crippen LogP) is 1.97. The van der Waals surface area contributed by atoms with Gasteiger partial charge in [-0.2, -0.15) is 0 Å². The molecular formula is C14H16FNO3. The average Bonchev–Trinajstić information content (AvgIpc) is 2.85. The smallest absolute Gasteiger partial charge is 0.308 e. The summed E-state index contributed by atoms with van der Waals surface area (Å²) in [6, 6.07) is 4.33. The Bertz CT molecular complexity index is 499. The predicted molar refractivity (Wildman–Crippen MR) is 66.2 cm³/mol. The summed E-state index contributed by atoms with van der Waals surface area (Å²) in [6.45, 7) is 0.504. The molecule has 0 amide bonds. The van der Waals surface area contributed by atoms with E-state index >= 15 is 0 Å². The van der Waals surface area contributed by atoms with E-state index in [2.05, 4.69) is 4.90 Å². The Morgan fingerprint density at radius 1 is 1.37 bits per heavy atom. The first-order valence-electron chi connectivity index (χ1n) is 6.51. The molecule has 4 nitrogen and oxygen atoms in total. The fraction of sp³-hybridized carbons (Fsp3) is 0.500. The number of rotatable bonds is 3. The van der Waals surface area contributed by atoms with Crippen molar-refractivity contribution in [1.29, 1.82) is 0 Å². The molecule has 2 N–H and O–H groups in total. The molecule has 19 heavy (non-hydrogen) atoms. The van der Waals surface area contributed by atoms with E-state index in [0.717, 1.165) is 18.9 Å². The highest BCUT2D eigenvalue weighted by Gasteiger charge is 2.48. The van der Waals surface area contributed by atoms with E-state index in [1.54, 1.807) is 0 Å². The molecule has 0 aromatic heterocycles. The summed E-state index contributed by atoms with van der Waals surface area (Å²) in [6.07, 6.45) is 2.58. The third-order valence-corrected chi connectivity index (χ3v) is 4.31. The largest absolute Gasteiger partial charge is 0.508 e. The highest BCUT2D eigenvalue weighted by Crippen LogP contribution is 2.42. The van der Waals surface area contributed by atoms with Gasteiger partial charge < -0.3 is 10.2 Å². The minimum Gasteiger partial charge on any atom is -0.508 e. The molecule has 2 aliphatic heterocycles. The van der Waals surface area contributed by atoms with Crippen LogP contribution in [0, 0.1) is 11.7 Å². The molecule has 2 aliphatic rings. The lowest BCUT2D eigenvalue weighted by molar-refractivity contribution is -0.142. The van der Waals surface area contributed by atoms with Crippen molar-refractivity contribution in [3.8, 4) is 5.75 Å². The Kier molecular flexibility index (Phi) is 2.93. The van der Waals surface area contributed by atoms with E-state index in [-0.39, 0.29) is 23.8 Å². The van der Waals surface area contributed by atoms with Gasteiger partial charge in [-0.25, -0.2) is 4.39 Å². The van der Waals surface area contributed by atoms with E-state index in [0.29, 0.717) is 18.5 Å². The summed E-state index contributed by atoms with van der Waals surface area (Å²) in [5.74, 6) is -1.59. The standard InChI is InChI=1S/C14H16FNO3/c15-9-3-8(4-11(17)5-9)7-16-10-1-2-13(16)12(6-10)14(18)19/h3-5,10,12-13,17H,1-2,6-7H2,(H,18,19). The summed E-state index contributed by atoms with van der Waals surface area (Å²) < 4.78 is 13.2. The van der Waals surface area contributed by atoms with E-state index in [9.17, 15) is 19.4 Å². The minimum absolute atomic E-state index is 0.0490. The molecule has 2 fully saturated rings. The Labute approximate surface area is 110 Å². The first-order valence-corrected chi connectivity index (χ1v) is 6.51. The van der Waals surface area contributed by atoms with Crippen molar-refractivity contribution in [2.24, 2.45) is 5.92 Å². The van der Waals surface area contributed by atoms with Crippen molar-refractivity contribution >= 4 is 5.97 Å². The normalized spacial score (nSPS) is 29.8. The maximum atomic E-state index is 13.2. The van der Waals surface area contributed by atoms with E-state index < -0.39 is 11.8 Å². The van der Waals surface area contributed by atoms with Crippen LogP contribution >= 0.6 is 0 Å². The maximum Gasteiger partial charge on any atom is 0.308 e. The van der Waals surface area contributed by atoms with Crippen LogP contribution in [0.5, 0.6) is 5.75 Å². The van der Waals surface area contributed by atoms with Crippen molar-refractivity contribution < 1.29 is 19.4 Å². The zero-order valence-corrected chi connectivity index (χ0v) is 10.4. The topological polar surface area (TPSA) is 60.8 Å². The molecular weight excluding hydrogens is 249 g/mol. The second kappa shape index (κ2) is 4.49. The van der Waals surface area contributed by atoms with Crippen molar-refractivity contribution in [1.82, 2.24) is 4.90 Å². The van der Waals surface area contributed by atoms with Gasteiger partial charge in [-0.3, -0.25) is 9.69 Å². The Balaban J connectivity index is 1.79. The van der Waals surface area contributed by atoms with Gasteiger partial charge in [-0.05, 0) is 37.0 Å². The monoisotopic (exact) mass is 265 g/mol. The molecule has 0 spiro atoms. The fourth-order valence-corrected chi connectivity index (χ4v) is 3.55. The van der Waals surface area contributed by atoms with Crippen molar-refractivity contribution in [2.75, 3.05) is 0 Å². The van der Waals surface area contributed by atoms with Gasteiger partial charge in [0.05, 0.1) is 5.92 Å². The average molecular weight is 265 g/mol. The zero-order valence-electron chi connectivity index (χ0n) is 10.4. The molecule has 3 atom stereocenters. The van der Waals surface area contributed by atoms with Crippen LogP contribution in [-0.2, 0) is 11.3 Å². The lowest BCUT2D eigenvalue weighted by Gasteiger charge is -2.22. The van der Waals surface area contributed by atoms with Crippen molar-refractivity contribution in [3.63, 3.8) is 0 Å². The number of carbonyl (C=O) groups is 1. The quantitative estimate of drug-likeness (QED) is 0.877. The van der Waals surface area contributed by atoms with Crippen LogP contribution in [0.15, 0.2) is 18.2 Å². The first kappa shape index (κ1) is 12.4. The molecule has 1 aromatic carbocycles. The van der Waals surface area contributed by atoms with Crippen LogP contribution in [0.25, 0.3) is 0 Å². The number of carboxylic acids is 1. The molecule has 2 saturated heterocycles. The number of nitrogens with zero attached hydrogens (tertiary/aromatic N) is 1. The third-order valence-electron chi connectivity index (χ3n) is 4.31. The molecule has 1 aromatic rings. The molecule has 0 aliphatic carbocycles. The number of carboxylic acid groups (broad SMARTS) is 1. The molecule has 0 radical (unpaired) electrons. The maximum absolute atomic E-state index is 13.2. The SMILES string of the molecule is O=C(O)C1CC2CCC1N2Cc1cc(O)cc(F)c1. The second-order valence-electron chi connectivity index (χ2n) is 5.47. The molecule has 2 bridgehead atoms. The van der Waals surface area contributed by atoms with Crippen molar-refractivity contribution in [3.05, 3.63) is 29.6 Å². The third kappa shape index (κ3) is 2.18. The number of phenols is 1. The van der Waals surface area contributed by atoms with E-state index in [1.165, 1.54) is 12.1 Å². The number of hydrogen-bond acceptors (Lipinski definition) is 3. The molecule has 2 heterocycles. The summed E-state index contributed by atoms with van der Waals surface area (Å²) in [5, 5.41) is 18.6. The number of aromatic hydroxyl groups is 1. The first-order chi connectivity index (χ1) is 9.04. The molecule has 3 rings (SSSR count). The molecule has 102 valence electrons. The summed E-state index contributed by atoms with van der Waals surface area (Å²) in [7, 11) is 0. The zero-order chi connectivity index (χ0) is 13.6. The van der Waals surface area contributed by atoms with Gasteiger partial charge in [0.2, 0.25) is 0 Å². The number of fused-ring (bicyclic) bond motifs is 2. The van der Waals surface area contributed by atoms with Gasteiger partial charge in [0.15, 0.2) is 0 Å². The van der Waals surface area contributed by atoms with Crippen LogP contribution in [-0.4, -0.2) is 33.2 Å². The molecule has 0 saturated carbocycles. The van der Waals surface area contributed by atoms with Crippen LogP contribution in [0.2, 0.25) is 0 Å². The van der Waals surface area contributed by atoms with Crippen LogP contribution in [0.3, 0.4) is 0 Å².